The van der Waals surface area contributed by atoms with Crippen molar-refractivity contribution in [2.24, 2.45) is 0 Å². The van der Waals surface area contributed by atoms with Crippen LogP contribution in [0.2, 0.25) is 5.02 Å². The summed E-state index contributed by atoms with van der Waals surface area (Å²) < 4.78 is 15.2. The van der Waals surface area contributed by atoms with Crippen molar-refractivity contribution in [3.8, 4) is 5.75 Å². The molecule has 0 atom stereocenters. The summed E-state index contributed by atoms with van der Waals surface area (Å²) in [5.41, 5.74) is 0.348. The SMILES string of the molecule is COCc1cc(COc2cc(Cl)ccc2[N+](=O)[O-])no1. The quantitative estimate of drug-likeness (QED) is 0.602. The molecule has 0 amide bonds. The number of hydrogen-bond donors (Lipinski definition) is 0. The number of nitro benzene ring substituents is 1. The third-order valence-electron chi connectivity index (χ3n) is 2.39. The maximum absolute atomic E-state index is 10.9. The summed E-state index contributed by atoms with van der Waals surface area (Å²) in [6, 6.07) is 5.76. The van der Waals surface area contributed by atoms with Crippen molar-refractivity contribution < 1.29 is 18.9 Å². The van der Waals surface area contributed by atoms with Crippen molar-refractivity contribution in [2.75, 3.05) is 7.11 Å². The summed E-state index contributed by atoms with van der Waals surface area (Å²) in [4.78, 5) is 10.3. The van der Waals surface area contributed by atoms with Crippen LogP contribution in [0.5, 0.6) is 5.75 Å². The number of methoxy groups -OCH3 is 1. The second-order valence-corrected chi connectivity index (χ2v) is 4.31. The fourth-order valence-electron chi connectivity index (χ4n) is 1.54. The summed E-state index contributed by atoms with van der Waals surface area (Å²) in [6.45, 7) is 0.332. The number of rotatable bonds is 6. The number of benzene rings is 1. The molecule has 0 spiro atoms. The lowest BCUT2D eigenvalue weighted by molar-refractivity contribution is -0.385. The minimum Gasteiger partial charge on any atom is -0.480 e. The molecular formula is C12H11ClN2O5. The molecule has 7 nitrogen and oxygen atoms in total. The van der Waals surface area contributed by atoms with Crippen molar-refractivity contribution in [3.63, 3.8) is 0 Å². The van der Waals surface area contributed by atoms with Crippen molar-refractivity contribution >= 4 is 17.3 Å². The van der Waals surface area contributed by atoms with Gasteiger partial charge in [0.15, 0.2) is 11.5 Å². The number of aromatic nitrogens is 1. The van der Waals surface area contributed by atoms with Gasteiger partial charge < -0.3 is 14.0 Å². The van der Waals surface area contributed by atoms with Crippen LogP contribution >= 0.6 is 11.6 Å². The second kappa shape index (κ2) is 6.36. The molecule has 0 aliphatic rings. The lowest BCUT2D eigenvalue weighted by Gasteiger charge is -2.04. The van der Waals surface area contributed by atoms with Gasteiger partial charge in [-0.2, -0.15) is 0 Å². The Balaban J connectivity index is 2.09. The number of halogens is 1. The minimum absolute atomic E-state index is 0.0361. The van der Waals surface area contributed by atoms with E-state index in [1.165, 1.54) is 25.3 Å². The number of ether oxygens (including phenoxy) is 2. The van der Waals surface area contributed by atoms with Crippen molar-refractivity contribution in [2.45, 2.75) is 13.2 Å². The lowest BCUT2D eigenvalue weighted by Crippen LogP contribution is -1.99. The third-order valence-corrected chi connectivity index (χ3v) is 2.62. The van der Waals surface area contributed by atoms with Crippen LogP contribution in [0.3, 0.4) is 0 Å². The summed E-state index contributed by atoms with van der Waals surface area (Å²) in [5, 5.41) is 15.0. The molecule has 0 aliphatic heterocycles. The van der Waals surface area contributed by atoms with Crippen LogP contribution in [0.4, 0.5) is 5.69 Å². The van der Waals surface area contributed by atoms with Crippen LogP contribution in [0.15, 0.2) is 28.8 Å². The number of hydrogen-bond acceptors (Lipinski definition) is 6. The van der Waals surface area contributed by atoms with Gasteiger partial charge in [0, 0.05) is 30.3 Å². The van der Waals surface area contributed by atoms with Gasteiger partial charge in [0.2, 0.25) is 0 Å². The normalized spacial score (nSPS) is 10.5. The van der Waals surface area contributed by atoms with Crippen molar-refractivity contribution in [3.05, 3.63) is 50.9 Å². The van der Waals surface area contributed by atoms with Gasteiger partial charge >= 0.3 is 5.69 Å². The van der Waals surface area contributed by atoms with Gasteiger partial charge in [-0.3, -0.25) is 10.1 Å². The summed E-state index contributed by atoms with van der Waals surface area (Å²) in [7, 11) is 1.54. The van der Waals surface area contributed by atoms with Gasteiger partial charge in [0.05, 0.1) is 4.92 Å². The first-order chi connectivity index (χ1) is 9.60. The van der Waals surface area contributed by atoms with Gasteiger partial charge in [0.1, 0.15) is 18.9 Å². The highest BCUT2D eigenvalue weighted by Crippen LogP contribution is 2.30. The monoisotopic (exact) mass is 298 g/mol. The Kier molecular flexibility index (Phi) is 4.54. The highest BCUT2D eigenvalue weighted by Gasteiger charge is 2.16. The molecule has 1 aromatic heterocycles. The molecule has 0 bridgehead atoms. The molecule has 0 saturated heterocycles. The molecule has 0 aliphatic carbocycles. The van der Waals surface area contributed by atoms with Gasteiger partial charge in [-0.25, -0.2) is 0 Å². The van der Waals surface area contributed by atoms with Crippen LogP contribution in [-0.2, 0) is 18.0 Å². The Hall–Kier alpha value is -2.12. The first-order valence-electron chi connectivity index (χ1n) is 5.60. The number of nitro groups is 1. The van der Waals surface area contributed by atoms with Crippen molar-refractivity contribution in [1.29, 1.82) is 0 Å². The van der Waals surface area contributed by atoms with Gasteiger partial charge in [-0.05, 0) is 6.07 Å². The van der Waals surface area contributed by atoms with E-state index in [1.807, 2.05) is 0 Å². The topological polar surface area (TPSA) is 87.6 Å². The Morgan fingerprint density at radius 1 is 1.40 bits per heavy atom. The van der Waals surface area contributed by atoms with E-state index in [2.05, 4.69) is 5.16 Å². The first-order valence-corrected chi connectivity index (χ1v) is 5.98. The van der Waals surface area contributed by atoms with E-state index in [0.29, 0.717) is 23.1 Å². The third kappa shape index (κ3) is 3.46. The van der Waals surface area contributed by atoms with Crippen molar-refractivity contribution in [1.82, 2.24) is 5.16 Å². The largest absolute Gasteiger partial charge is 0.480 e. The molecule has 1 aromatic carbocycles. The predicted molar refractivity (Wildman–Crippen MR) is 69.7 cm³/mol. The van der Waals surface area contributed by atoms with Crippen LogP contribution in [0.25, 0.3) is 0 Å². The molecule has 106 valence electrons. The summed E-state index contributed by atoms with van der Waals surface area (Å²) in [5.74, 6) is 0.630. The maximum atomic E-state index is 10.9. The molecule has 8 heteroatoms. The van der Waals surface area contributed by atoms with Gasteiger partial charge in [-0.15, -0.1) is 0 Å². The zero-order valence-corrected chi connectivity index (χ0v) is 11.3. The smallest absolute Gasteiger partial charge is 0.311 e. The maximum Gasteiger partial charge on any atom is 0.311 e. The van der Waals surface area contributed by atoms with E-state index >= 15 is 0 Å². The Bertz CT molecular complexity index is 614. The zero-order valence-electron chi connectivity index (χ0n) is 10.5. The fraction of sp³-hybridized carbons (Fsp3) is 0.250. The highest BCUT2D eigenvalue weighted by molar-refractivity contribution is 6.30. The molecule has 1 heterocycles. The average molecular weight is 299 g/mol. The van der Waals surface area contributed by atoms with E-state index in [-0.39, 0.29) is 18.0 Å². The van der Waals surface area contributed by atoms with Crippen LogP contribution in [0.1, 0.15) is 11.5 Å². The van der Waals surface area contributed by atoms with Gasteiger partial charge in [0.25, 0.3) is 0 Å². The molecule has 0 N–H and O–H groups in total. The Morgan fingerprint density at radius 2 is 2.20 bits per heavy atom. The van der Waals surface area contributed by atoms with Crippen LogP contribution in [-0.4, -0.2) is 17.2 Å². The van der Waals surface area contributed by atoms with E-state index < -0.39 is 4.92 Å². The second-order valence-electron chi connectivity index (χ2n) is 3.88. The predicted octanol–water partition coefficient (Wildman–Crippen LogP) is 2.96. The Morgan fingerprint density at radius 3 is 2.90 bits per heavy atom. The summed E-state index contributed by atoms with van der Waals surface area (Å²) in [6.07, 6.45) is 0. The van der Waals surface area contributed by atoms with E-state index in [4.69, 9.17) is 25.6 Å². The average Bonchev–Trinajstić information content (AvgIpc) is 2.84. The lowest BCUT2D eigenvalue weighted by atomic mass is 10.3. The first kappa shape index (κ1) is 14.3. The molecule has 2 rings (SSSR count). The molecule has 0 saturated carbocycles. The van der Waals surface area contributed by atoms with E-state index in [0.717, 1.165) is 0 Å². The highest BCUT2D eigenvalue weighted by atomic mass is 35.5. The fourth-order valence-corrected chi connectivity index (χ4v) is 1.70. The number of nitrogens with zero attached hydrogens (tertiary/aromatic N) is 2. The molecule has 2 aromatic rings. The summed E-state index contributed by atoms with van der Waals surface area (Å²) >= 11 is 5.80. The van der Waals surface area contributed by atoms with E-state index in [9.17, 15) is 10.1 Å². The molecule has 20 heavy (non-hydrogen) atoms. The molecule has 0 radical (unpaired) electrons. The van der Waals surface area contributed by atoms with Crippen LogP contribution in [0, 0.1) is 10.1 Å². The molecule has 0 fully saturated rings. The Labute approximate surface area is 119 Å². The van der Waals surface area contributed by atoms with Gasteiger partial charge in [-0.1, -0.05) is 16.8 Å². The van der Waals surface area contributed by atoms with E-state index in [1.54, 1.807) is 6.07 Å². The van der Waals surface area contributed by atoms with Crippen LogP contribution < -0.4 is 4.74 Å². The standard InChI is InChI=1S/C12H11ClN2O5/c1-18-7-10-5-9(14-20-10)6-19-12-4-8(13)2-3-11(12)15(16)17/h2-5H,6-7H2,1H3. The zero-order chi connectivity index (χ0) is 14.5. The molecule has 0 unspecified atom stereocenters. The minimum atomic E-state index is -0.537. The molecular weight excluding hydrogens is 288 g/mol.